The van der Waals surface area contributed by atoms with Crippen LogP contribution in [0.15, 0.2) is 24.3 Å². The van der Waals surface area contributed by atoms with Crippen molar-refractivity contribution in [1.82, 2.24) is 9.78 Å². The van der Waals surface area contributed by atoms with Gasteiger partial charge in [0.2, 0.25) is 0 Å². The van der Waals surface area contributed by atoms with Crippen LogP contribution < -0.4 is 5.32 Å². The monoisotopic (exact) mass is 301 g/mol. The number of hydrogen-bond donors (Lipinski definition) is 1. The van der Waals surface area contributed by atoms with Crippen LogP contribution in [0.1, 0.15) is 43.0 Å². The van der Waals surface area contributed by atoms with Crippen LogP contribution in [0, 0.1) is 5.82 Å². The molecule has 0 aliphatic carbocycles. The number of fused-ring (bicyclic) bond motifs is 1. The van der Waals surface area contributed by atoms with Crippen molar-refractivity contribution in [3.8, 4) is 5.69 Å². The fraction of sp³-hybridized carbons (Fsp3) is 0.471. The predicted octanol–water partition coefficient (Wildman–Crippen LogP) is 3.61. The number of halogens is 1. The molecule has 0 amide bonds. The zero-order valence-electron chi connectivity index (χ0n) is 12.5. The fourth-order valence-corrected chi connectivity index (χ4v) is 3.38. The second-order valence-corrected chi connectivity index (χ2v) is 5.96. The van der Waals surface area contributed by atoms with E-state index in [-0.39, 0.29) is 11.9 Å². The van der Waals surface area contributed by atoms with Gasteiger partial charge in [0.05, 0.1) is 5.69 Å². The van der Waals surface area contributed by atoms with Crippen molar-refractivity contribution in [1.29, 1.82) is 0 Å². The molecule has 3 heterocycles. The predicted molar refractivity (Wildman–Crippen MR) is 82.9 cm³/mol. The van der Waals surface area contributed by atoms with Crippen molar-refractivity contribution in [3.05, 3.63) is 41.3 Å². The molecule has 1 aromatic carbocycles. The zero-order chi connectivity index (χ0) is 14.9. The van der Waals surface area contributed by atoms with Crippen LogP contribution in [0.25, 0.3) is 5.69 Å². The lowest BCUT2D eigenvalue weighted by molar-refractivity contribution is 0.107. The molecule has 1 fully saturated rings. The first kappa shape index (κ1) is 13.8. The summed E-state index contributed by atoms with van der Waals surface area (Å²) < 4.78 is 21.8. The minimum absolute atomic E-state index is 0.0571. The molecule has 2 aliphatic rings. The van der Waals surface area contributed by atoms with Gasteiger partial charge in [-0.2, -0.15) is 5.10 Å². The summed E-state index contributed by atoms with van der Waals surface area (Å²) in [5, 5.41) is 8.18. The summed E-state index contributed by atoms with van der Waals surface area (Å²) in [6.07, 6.45) is 5.35. The molecule has 1 atom stereocenters. The Morgan fingerprint density at radius 2 is 2.14 bits per heavy atom. The minimum atomic E-state index is -0.252. The summed E-state index contributed by atoms with van der Waals surface area (Å²) in [5.41, 5.74) is 2.69. The normalized spacial score (nSPS) is 21.2. The minimum Gasteiger partial charge on any atom is -0.372 e. The van der Waals surface area contributed by atoms with Gasteiger partial charge in [0.25, 0.3) is 0 Å². The maximum Gasteiger partial charge on any atom is 0.148 e. The Bertz CT molecular complexity index is 677. The zero-order valence-corrected chi connectivity index (χ0v) is 12.5. The molecule has 0 radical (unpaired) electrons. The molecule has 0 spiro atoms. The van der Waals surface area contributed by atoms with E-state index in [1.165, 1.54) is 11.6 Å². The van der Waals surface area contributed by atoms with E-state index in [1.54, 1.807) is 16.8 Å². The Labute approximate surface area is 129 Å². The van der Waals surface area contributed by atoms with Crippen LogP contribution in [0.5, 0.6) is 0 Å². The molecule has 0 saturated carbocycles. The number of benzene rings is 1. The van der Waals surface area contributed by atoms with Crippen molar-refractivity contribution >= 4 is 5.82 Å². The third kappa shape index (κ3) is 2.29. The molecule has 116 valence electrons. The van der Waals surface area contributed by atoms with Crippen molar-refractivity contribution < 1.29 is 9.13 Å². The van der Waals surface area contributed by atoms with E-state index in [1.807, 2.05) is 6.07 Å². The molecular formula is C17H20FN3O. The van der Waals surface area contributed by atoms with Gasteiger partial charge in [-0.15, -0.1) is 0 Å². The molecule has 22 heavy (non-hydrogen) atoms. The first-order valence-electron chi connectivity index (χ1n) is 8.07. The van der Waals surface area contributed by atoms with E-state index in [4.69, 9.17) is 9.84 Å². The van der Waals surface area contributed by atoms with Crippen molar-refractivity contribution in [2.24, 2.45) is 0 Å². The molecule has 4 rings (SSSR count). The van der Waals surface area contributed by atoms with Gasteiger partial charge in [-0.1, -0.05) is 12.1 Å². The molecule has 1 saturated heterocycles. The Kier molecular flexibility index (Phi) is 3.58. The average Bonchev–Trinajstić information content (AvgIpc) is 3.10. The largest absolute Gasteiger partial charge is 0.372 e. The Hall–Kier alpha value is -1.88. The number of ether oxygens (including phenoxy) is 1. The molecule has 2 aliphatic heterocycles. The highest BCUT2D eigenvalue weighted by Crippen LogP contribution is 2.36. The Balaban J connectivity index is 1.86. The number of hydrogen-bond acceptors (Lipinski definition) is 3. The van der Waals surface area contributed by atoms with Crippen LogP contribution in [0.4, 0.5) is 10.2 Å². The third-order valence-electron chi connectivity index (χ3n) is 4.48. The quantitative estimate of drug-likeness (QED) is 0.921. The number of rotatable bonds is 2. The topological polar surface area (TPSA) is 39.1 Å². The summed E-state index contributed by atoms with van der Waals surface area (Å²) in [4.78, 5) is 0. The van der Waals surface area contributed by atoms with Crippen molar-refractivity contribution in [2.75, 3.05) is 18.5 Å². The van der Waals surface area contributed by atoms with Gasteiger partial charge in [-0.05, 0) is 44.2 Å². The average molecular weight is 301 g/mol. The van der Waals surface area contributed by atoms with Crippen molar-refractivity contribution in [3.63, 3.8) is 0 Å². The fourth-order valence-electron chi connectivity index (χ4n) is 3.38. The number of para-hydroxylation sites is 1. The van der Waals surface area contributed by atoms with Crippen LogP contribution >= 0.6 is 0 Å². The van der Waals surface area contributed by atoms with Crippen LogP contribution in [-0.4, -0.2) is 22.9 Å². The molecule has 4 nitrogen and oxygen atoms in total. The van der Waals surface area contributed by atoms with Gasteiger partial charge >= 0.3 is 0 Å². The molecule has 1 N–H and O–H groups in total. The van der Waals surface area contributed by atoms with E-state index < -0.39 is 0 Å². The Morgan fingerprint density at radius 1 is 1.23 bits per heavy atom. The highest BCUT2D eigenvalue weighted by molar-refractivity contribution is 5.55. The number of nitrogens with one attached hydrogen (secondary N) is 1. The van der Waals surface area contributed by atoms with Gasteiger partial charge in [-0.25, -0.2) is 9.07 Å². The lowest BCUT2D eigenvalue weighted by atomic mass is 10.0. The Morgan fingerprint density at radius 3 is 2.95 bits per heavy atom. The third-order valence-corrected chi connectivity index (χ3v) is 4.48. The van der Waals surface area contributed by atoms with Gasteiger partial charge in [0.1, 0.15) is 23.4 Å². The van der Waals surface area contributed by atoms with Gasteiger partial charge in [-0.3, -0.25) is 0 Å². The second kappa shape index (κ2) is 5.72. The molecular weight excluding hydrogens is 281 g/mol. The molecule has 2 aromatic rings. The van der Waals surface area contributed by atoms with Crippen LogP contribution in [0.2, 0.25) is 0 Å². The SMILES string of the molecule is Fc1ccccc1-n1nc(C2CCCO2)c2c1NCCCC2. The van der Waals surface area contributed by atoms with Gasteiger partial charge in [0.15, 0.2) is 0 Å². The first-order chi connectivity index (χ1) is 10.8. The smallest absolute Gasteiger partial charge is 0.148 e. The van der Waals surface area contributed by atoms with E-state index in [2.05, 4.69) is 5.32 Å². The van der Waals surface area contributed by atoms with Crippen LogP contribution in [-0.2, 0) is 11.2 Å². The first-order valence-corrected chi connectivity index (χ1v) is 8.07. The highest BCUT2D eigenvalue weighted by atomic mass is 19.1. The summed E-state index contributed by atoms with van der Waals surface area (Å²) in [6, 6.07) is 6.80. The van der Waals surface area contributed by atoms with E-state index >= 15 is 0 Å². The summed E-state index contributed by atoms with van der Waals surface area (Å²) in [5.74, 6) is 0.686. The highest BCUT2D eigenvalue weighted by Gasteiger charge is 2.29. The number of anilines is 1. The van der Waals surface area contributed by atoms with Gasteiger partial charge < -0.3 is 10.1 Å². The lowest BCUT2D eigenvalue weighted by Gasteiger charge is -2.09. The number of aromatic nitrogens is 2. The van der Waals surface area contributed by atoms with E-state index in [0.29, 0.717) is 5.69 Å². The van der Waals surface area contributed by atoms with Crippen LogP contribution in [0.3, 0.4) is 0 Å². The standard InChI is InChI=1S/C17H20FN3O/c18-13-7-1-2-8-14(13)21-17-12(6-3-4-10-19-17)16(20-21)15-9-5-11-22-15/h1-2,7-8,15,19H,3-6,9-11H2. The molecule has 0 bridgehead atoms. The maximum absolute atomic E-state index is 14.2. The maximum atomic E-state index is 14.2. The molecule has 1 unspecified atom stereocenters. The molecule has 1 aromatic heterocycles. The molecule has 5 heteroatoms. The summed E-state index contributed by atoms with van der Waals surface area (Å²) >= 11 is 0. The van der Waals surface area contributed by atoms with Gasteiger partial charge in [0, 0.05) is 18.7 Å². The second-order valence-electron chi connectivity index (χ2n) is 5.96. The van der Waals surface area contributed by atoms with Crippen molar-refractivity contribution in [2.45, 2.75) is 38.2 Å². The van der Waals surface area contributed by atoms with E-state index in [0.717, 1.165) is 56.8 Å². The van der Waals surface area contributed by atoms with E-state index in [9.17, 15) is 4.39 Å². The number of nitrogens with zero attached hydrogens (tertiary/aromatic N) is 2. The summed E-state index contributed by atoms with van der Waals surface area (Å²) in [6.45, 7) is 1.69. The lowest BCUT2D eigenvalue weighted by Crippen LogP contribution is -2.08. The summed E-state index contributed by atoms with van der Waals surface area (Å²) in [7, 11) is 0.